The Labute approximate surface area is 52.7 Å². The first-order valence-electron chi connectivity index (χ1n) is 2.00. The van der Waals surface area contributed by atoms with E-state index in [1.54, 1.807) is 0 Å². The third kappa shape index (κ3) is 5.78. The van der Waals surface area contributed by atoms with Gasteiger partial charge in [-0.1, -0.05) is 28.4 Å². The first-order valence-corrected chi connectivity index (χ1v) is 2.79. The average molecular weight is 159 g/mol. The van der Waals surface area contributed by atoms with Crippen LogP contribution in [-0.2, 0) is 0 Å². The van der Waals surface area contributed by atoms with Crippen molar-refractivity contribution < 1.29 is 0 Å². The van der Waals surface area contributed by atoms with Crippen LogP contribution in [0, 0.1) is 11.8 Å². The zero-order valence-electron chi connectivity index (χ0n) is 4.29. The van der Waals surface area contributed by atoms with Gasteiger partial charge in [0.25, 0.3) is 0 Å². The Kier molecular flexibility index (Phi) is 3.83. The van der Waals surface area contributed by atoms with Crippen LogP contribution in [0.2, 0.25) is 0 Å². The van der Waals surface area contributed by atoms with Crippen LogP contribution in [0.15, 0.2) is 11.1 Å². The van der Waals surface area contributed by atoms with Gasteiger partial charge in [-0.3, -0.25) is 0 Å². The average Bonchev–Trinajstić information content (AvgIpc) is 1.61. The van der Waals surface area contributed by atoms with Crippen molar-refractivity contribution in [1.82, 2.24) is 0 Å². The van der Waals surface area contributed by atoms with Crippen LogP contribution >= 0.6 is 15.9 Å². The summed E-state index contributed by atoms with van der Waals surface area (Å²) in [5.41, 5.74) is 0. The second kappa shape index (κ2) is 3.95. The summed E-state index contributed by atoms with van der Waals surface area (Å²) < 4.78 is 0.946. The first kappa shape index (κ1) is 6.78. The minimum absolute atomic E-state index is 0.760. The molecule has 1 heteroatoms. The van der Waals surface area contributed by atoms with E-state index >= 15 is 0 Å². The van der Waals surface area contributed by atoms with Gasteiger partial charge < -0.3 is 0 Å². The lowest BCUT2D eigenvalue weighted by Gasteiger charge is -1.78. The molecular formula is C6H7Br. The van der Waals surface area contributed by atoms with E-state index in [0.29, 0.717) is 0 Å². The topological polar surface area (TPSA) is 0 Å². The van der Waals surface area contributed by atoms with E-state index in [1.807, 2.05) is 6.92 Å². The molecule has 0 aromatic carbocycles. The third-order valence-electron chi connectivity index (χ3n) is 0.457. The second-order valence-electron chi connectivity index (χ2n) is 1.12. The van der Waals surface area contributed by atoms with Crippen molar-refractivity contribution in [2.45, 2.75) is 13.3 Å². The van der Waals surface area contributed by atoms with Gasteiger partial charge in [0.15, 0.2) is 0 Å². The Bertz CT molecular complexity index is 114. The monoisotopic (exact) mass is 158 g/mol. The lowest BCUT2D eigenvalue weighted by atomic mass is 10.4. The molecule has 0 radical (unpaired) electrons. The molecule has 0 amide bonds. The van der Waals surface area contributed by atoms with Crippen LogP contribution in [0.25, 0.3) is 0 Å². The Balaban J connectivity index is 3.26. The molecule has 0 unspecified atom stereocenters. The maximum absolute atomic E-state index is 3.61. The largest absolute Gasteiger partial charge is 0.106 e. The van der Waals surface area contributed by atoms with Crippen LogP contribution in [0.1, 0.15) is 13.3 Å². The zero-order valence-corrected chi connectivity index (χ0v) is 5.88. The van der Waals surface area contributed by atoms with Gasteiger partial charge in [0, 0.05) is 6.42 Å². The van der Waals surface area contributed by atoms with Crippen molar-refractivity contribution in [2.75, 3.05) is 0 Å². The van der Waals surface area contributed by atoms with E-state index < -0.39 is 0 Å². The lowest BCUT2D eigenvalue weighted by molar-refractivity contribution is 1.46. The number of hydrogen-bond acceptors (Lipinski definition) is 0. The van der Waals surface area contributed by atoms with E-state index in [4.69, 9.17) is 0 Å². The van der Waals surface area contributed by atoms with Crippen molar-refractivity contribution in [3.05, 3.63) is 11.1 Å². The maximum atomic E-state index is 3.61. The molecule has 0 aliphatic heterocycles. The van der Waals surface area contributed by atoms with Gasteiger partial charge in [-0.2, -0.15) is 0 Å². The molecule has 0 saturated heterocycles. The van der Waals surface area contributed by atoms with Crippen LogP contribution in [0.4, 0.5) is 0 Å². The van der Waals surface area contributed by atoms with Gasteiger partial charge in [-0.05, 0) is 11.4 Å². The third-order valence-corrected chi connectivity index (χ3v) is 0.737. The number of rotatable bonds is 1. The molecule has 0 fully saturated rings. The molecule has 0 saturated carbocycles. The van der Waals surface area contributed by atoms with E-state index in [0.717, 1.165) is 10.9 Å². The zero-order chi connectivity index (χ0) is 5.70. The summed E-state index contributed by atoms with van der Waals surface area (Å²) in [6.07, 6.45) is 0.760. The quantitative estimate of drug-likeness (QED) is 0.515. The standard InChI is InChI=1S/C6H7Br/c1-3-4-5-6(2)7/h2,5H2,1H3. The molecule has 0 aliphatic rings. The van der Waals surface area contributed by atoms with Gasteiger partial charge in [0.05, 0.1) is 0 Å². The van der Waals surface area contributed by atoms with Gasteiger partial charge in [-0.15, -0.1) is 5.92 Å². The summed E-state index contributed by atoms with van der Waals surface area (Å²) in [4.78, 5) is 0. The van der Waals surface area contributed by atoms with Crippen molar-refractivity contribution in [2.24, 2.45) is 0 Å². The molecule has 0 atom stereocenters. The van der Waals surface area contributed by atoms with Gasteiger partial charge in [-0.25, -0.2) is 0 Å². The summed E-state index contributed by atoms with van der Waals surface area (Å²) in [6.45, 7) is 5.42. The Morgan fingerprint density at radius 3 is 2.57 bits per heavy atom. The lowest BCUT2D eigenvalue weighted by Crippen LogP contribution is -1.59. The fourth-order valence-electron chi connectivity index (χ4n) is 0.184. The highest BCUT2D eigenvalue weighted by molar-refractivity contribution is 9.11. The Hall–Kier alpha value is -0.220. The molecule has 0 N–H and O–H groups in total. The molecule has 0 nitrogen and oxygen atoms in total. The van der Waals surface area contributed by atoms with Gasteiger partial charge >= 0.3 is 0 Å². The van der Waals surface area contributed by atoms with Gasteiger partial charge in [0.2, 0.25) is 0 Å². The Morgan fingerprint density at radius 1 is 1.86 bits per heavy atom. The molecular weight excluding hydrogens is 152 g/mol. The summed E-state index contributed by atoms with van der Waals surface area (Å²) in [7, 11) is 0. The van der Waals surface area contributed by atoms with E-state index in [-0.39, 0.29) is 0 Å². The van der Waals surface area contributed by atoms with Crippen LogP contribution in [0.5, 0.6) is 0 Å². The summed E-state index contributed by atoms with van der Waals surface area (Å²) in [5, 5.41) is 0. The number of halogens is 1. The highest BCUT2D eigenvalue weighted by Crippen LogP contribution is 2.03. The summed E-state index contributed by atoms with van der Waals surface area (Å²) in [6, 6.07) is 0. The molecule has 0 rings (SSSR count). The second-order valence-corrected chi connectivity index (χ2v) is 2.24. The highest BCUT2D eigenvalue weighted by atomic mass is 79.9. The number of allylic oxidation sites excluding steroid dienone is 1. The minimum Gasteiger partial charge on any atom is -0.106 e. The fraction of sp³-hybridized carbons (Fsp3) is 0.333. The van der Waals surface area contributed by atoms with Crippen LogP contribution < -0.4 is 0 Å². The maximum Gasteiger partial charge on any atom is 0.0400 e. The van der Waals surface area contributed by atoms with Crippen molar-refractivity contribution in [1.29, 1.82) is 0 Å². The summed E-state index contributed by atoms with van der Waals surface area (Å²) in [5.74, 6) is 5.61. The van der Waals surface area contributed by atoms with Crippen LogP contribution in [0.3, 0.4) is 0 Å². The molecule has 0 spiro atoms. The highest BCUT2D eigenvalue weighted by Gasteiger charge is 1.75. The normalized spacial score (nSPS) is 6.57. The molecule has 38 valence electrons. The molecule has 0 heterocycles. The van der Waals surface area contributed by atoms with E-state index in [9.17, 15) is 0 Å². The summed E-state index contributed by atoms with van der Waals surface area (Å²) >= 11 is 3.18. The van der Waals surface area contributed by atoms with Crippen molar-refractivity contribution in [3.8, 4) is 11.8 Å². The molecule has 0 bridgehead atoms. The molecule has 0 aliphatic carbocycles. The first-order chi connectivity index (χ1) is 3.27. The Morgan fingerprint density at radius 2 is 2.43 bits per heavy atom. The molecule has 0 aromatic heterocycles. The van der Waals surface area contributed by atoms with Crippen molar-refractivity contribution in [3.63, 3.8) is 0 Å². The van der Waals surface area contributed by atoms with E-state index in [1.165, 1.54) is 0 Å². The molecule has 7 heavy (non-hydrogen) atoms. The molecule has 0 aromatic rings. The van der Waals surface area contributed by atoms with Crippen LogP contribution in [-0.4, -0.2) is 0 Å². The number of hydrogen-bond donors (Lipinski definition) is 0. The predicted molar refractivity (Wildman–Crippen MR) is 36.1 cm³/mol. The SMILES string of the molecule is C=C(Br)CC#CC. The van der Waals surface area contributed by atoms with Gasteiger partial charge in [0.1, 0.15) is 0 Å². The minimum atomic E-state index is 0.760. The smallest absolute Gasteiger partial charge is 0.0400 e. The predicted octanol–water partition coefficient (Wildman–Crippen LogP) is 2.31. The van der Waals surface area contributed by atoms with Crippen molar-refractivity contribution >= 4 is 15.9 Å². The van der Waals surface area contributed by atoms with E-state index in [2.05, 4.69) is 34.3 Å². The fourth-order valence-corrected chi connectivity index (χ4v) is 0.324.